The first kappa shape index (κ1) is 22.5. The number of amides is 1. The van der Waals surface area contributed by atoms with Crippen molar-refractivity contribution in [3.8, 4) is 0 Å². The van der Waals surface area contributed by atoms with Crippen LogP contribution in [0.4, 0.5) is 10.5 Å². The van der Waals surface area contributed by atoms with E-state index in [0.29, 0.717) is 18.4 Å². The minimum atomic E-state index is -0.656. The molecule has 0 aromatic heterocycles. The number of nitrogens with zero attached hydrogens (tertiary/aromatic N) is 1. The van der Waals surface area contributed by atoms with Crippen LogP contribution in [0.3, 0.4) is 0 Å². The number of nitrogen functional groups attached to an aromatic ring is 1. The SMILES string of the molecule is CCC(C(C)CCc1ccc(N)cc1)[C@H]1COC(C)(C)N1C(=O)OC(C)(C)C. The quantitative estimate of drug-likeness (QED) is 0.675. The average molecular weight is 391 g/mol. The summed E-state index contributed by atoms with van der Waals surface area (Å²) in [6, 6.07) is 8.12. The van der Waals surface area contributed by atoms with E-state index in [1.54, 1.807) is 0 Å². The molecule has 1 heterocycles. The molecular formula is C23H38N2O3. The van der Waals surface area contributed by atoms with Crippen LogP contribution in [0.25, 0.3) is 0 Å². The molecule has 5 nitrogen and oxygen atoms in total. The second-order valence-corrected chi connectivity index (χ2v) is 9.51. The number of carbonyl (C=O) groups is 1. The molecule has 2 unspecified atom stereocenters. The number of benzene rings is 1. The molecule has 28 heavy (non-hydrogen) atoms. The maximum Gasteiger partial charge on any atom is 0.412 e. The highest BCUT2D eigenvalue weighted by Gasteiger charge is 2.48. The van der Waals surface area contributed by atoms with Gasteiger partial charge in [0.2, 0.25) is 0 Å². The molecule has 1 fully saturated rings. The van der Waals surface area contributed by atoms with Crippen LogP contribution in [-0.2, 0) is 15.9 Å². The Kier molecular flexibility index (Phi) is 7.02. The lowest BCUT2D eigenvalue weighted by molar-refractivity contribution is -0.0655. The highest BCUT2D eigenvalue weighted by atomic mass is 16.6. The third-order valence-electron chi connectivity index (χ3n) is 5.67. The van der Waals surface area contributed by atoms with E-state index in [2.05, 4.69) is 26.0 Å². The van der Waals surface area contributed by atoms with Gasteiger partial charge in [0.1, 0.15) is 11.3 Å². The van der Waals surface area contributed by atoms with Gasteiger partial charge in [-0.15, -0.1) is 0 Å². The molecule has 1 aromatic carbocycles. The highest BCUT2D eigenvalue weighted by molar-refractivity contribution is 5.69. The average Bonchev–Trinajstić information content (AvgIpc) is 2.88. The van der Waals surface area contributed by atoms with Crippen LogP contribution in [0.2, 0.25) is 0 Å². The molecule has 0 spiro atoms. The predicted molar refractivity (Wildman–Crippen MR) is 114 cm³/mol. The van der Waals surface area contributed by atoms with Crippen LogP contribution in [0.5, 0.6) is 0 Å². The molecular weight excluding hydrogens is 352 g/mol. The third-order valence-corrected chi connectivity index (χ3v) is 5.67. The molecule has 1 aliphatic rings. The Balaban J connectivity index is 2.11. The van der Waals surface area contributed by atoms with Crippen molar-refractivity contribution in [1.82, 2.24) is 4.90 Å². The maximum absolute atomic E-state index is 13.0. The Morgan fingerprint density at radius 1 is 1.32 bits per heavy atom. The van der Waals surface area contributed by atoms with Gasteiger partial charge < -0.3 is 15.2 Å². The Morgan fingerprint density at radius 3 is 2.46 bits per heavy atom. The molecule has 0 bridgehead atoms. The van der Waals surface area contributed by atoms with Crippen molar-refractivity contribution in [2.75, 3.05) is 12.3 Å². The van der Waals surface area contributed by atoms with E-state index >= 15 is 0 Å². The van der Waals surface area contributed by atoms with Crippen LogP contribution >= 0.6 is 0 Å². The van der Waals surface area contributed by atoms with E-state index < -0.39 is 11.3 Å². The molecule has 2 rings (SSSR count). The van der Waals surface area contributed by atoms with Crippen LogP contribution in [0.1, 0.15) is 66.9 Å². The summed E-state index contributed by atoms with van der Waals surface area (Å²) in [6.45, 7) is 14.6. The lowest BCUT2D eigenvalue weighted by Gasteiger charge is -2.39. The predicted octanol–water partition coefficient (Wildman–Crippen LogP) is 5.24. The molecule has 1 amide bonds. The summed E-state index contributed by atoms with van der Waals surface area (Å²) < 4.78 is 11.7. The summed E-state index contributed by atoms with van der Waals surface area (Å²) in [7, 11) is 0. The topological polar surface area (TPSA) is 64.8 Å². The highest BCUT2D eigenvalue weighted by Crippen LogP contribution is 2.37. The zero-order valence-corrected chi connectivity index (χ0v) is 18.6. The number of rotatable bonds is 6. The lowest BCUT2D eigenvalue weighted by Crippen LogP contribution is -2.52. The lowest BCUT2D eigenvalue weighted by atomic mass is 9.81. The largest absolute Gasteiger partial charge is 0.444 e. The van der Waals surface area contributed by atoms with Crippen molar-refractivity contribution in [1.29, 1.82) is 0 Å². The zero-order chi connectivity index (χ0) is 21.1. The fourth-order valence-electron chi connectivity index (χ4n) is 4.16. The van der Waals surface area contributed by atoms with Gasteiger partial charge in [0, 0.05) is 5.69 Å². The number of ether oxygens (including phenoxy) is 2. The molecule has 0 saturated carbocycles. The van der Waals surface area contributed by atoms with Gasteiger partial charge in [-0.25, -0.2) is 4.79 Å². The van der Waals surface area contributed by atoms with E-state index in [9.17, 15) is 4.79 Å². The number of nitrogens with two attached hydrogens (primary N) is 1. The van der Waals surface area contributed by atoms with Crippen molar-refractivity contribution >= 4 is 11.8 Å². The number of aryl methyl sites for hydroxylation is 1. The first-order valence-electron chi connectivity index (χ1n) is 10.5. The number of hydrogen-bond donors (Lipinski definition) is 1. The van der Waals surface area contributed by atoms with E-state index in [-0.39, 0.29) is 12.1 Å². The fraction of sp³-hybridized carbons (Fsp3) is 0.696. The molecule has 0 aliphatic carbocycles. The van der Waals surface area contributed by atoms with Crippen molar-refractivity contribution in [3.63, 3.8) is 0 Å². The summed E-state index contributed by atoms with van der Waals surface area (Å²) in [5.41, 5.74) is 6.69. The van der Waals surface area contributed by atoms with Crippen LogP contribution in [0, 0.1) is 11.8 Å². The Labute approximate surface area is 170 Å². The van der Waals surface area contributed by atoms with Gasteiger partial charge in [-0.05, 0) is 77.0 Å². The normalized spacial score (nSPS) is 21.4. The number of carbonyl (C=O) groups excluding carboxylic acids is 1. The van der Waals surface area contributed by atoms with Gasteiger partial charge in [0.25, 0.3) is 0 Å². The van der Waals surface area contributed by atoms with Crippen molar-refractivity contribution in [3.05, 3.63) is 29.8 Å². The Hall–Kier alpha value is -1.75. The van der Waals surface area contributed by atoms with Crippen molar-refractivity contribution < 1.29 is 14.3 Å². The van der Waals surface area contributed by atoms with Crippen molar-refractivity contribution in [2.24, 2.45) is 11.8 Å². The van der Waals surface area contributed by atoms with Gasteiger partial charge >= 0.3 is 6.09 Å². The summed E-state index contributed by atoms with van der Waals surface area (Å²) in [5.74, 6) is 0.804. The van der Waals surface area contributed by atoms with Crippen LogP contribution < -0.4 is 5.73 Å². The summed E-state index contributed by atoms with van der Waals surface area (Å²) in [4.78, 5) is 14.8. The fourth-order valence-corrected chi connectivity index (χ4v) is 4.16. The standard InChI is InChI=1S/C23H38N2O3/c1-8-19(16(2)9-10-17-11-13-18(24)14-12-17)20-15-27-23(6,7)25(20)21(26)28-22(3,4)5/h11-14,16,19-20H,8-10,15,24H2,1-7H3/t16?,19?,20-/m1/s1. The molecule has 158 valence electrons. The van der Waals surface area contributed by atoms with Gasteiger partial charge in [0.15, 0.2) is 0 Å². The molecule has 5 heteroatoms. The smallest absolute Gasteiger partial charge is 0.412 e. The second-order valence-electron chi connectivity index (χ2n) is 9.51. The molecule has 1 saturated heterocycles. The first-order chi connectivity index (χ1) is 12.9. The molecule has 0 radical (unpaired) electrons. The van der Waals surface area contributed by atoms with E-state index in [0.717, 1.165) is 24.9 Å². The zero-order valence-electron chi connectivity index (χ0n) is 18.6. The minimum absolute atomic E-state index is 0.0243. The Bertz CT molecular complexity index is 649. The second kappa shape index (κ2) is 8.73. The monoisotopic (exact) mass is 390 g/mol. The van der Waals surface area contributed by atoms with Gasteiger partial charge in [-0.1, -0.05) is 32.4 Å². The van der Waals surface area contributed by atoms with E-state index in [4.69, 9.17) is 15.2 Å². The van der Waals surface area contributed by atoms with Gasteiger partial charge in [-0.3, -0.25) is 4.90 Å². The first-order valence-corrected chi connectivity index (χ1v) is 10.5. The van der Waals surface area contributed by atoms with E-state index in [1.807, 2.05) is 51.7 Å². The summed E-state index contributed by atoms with van der Waals surface area (Å²) >= 11 is 0. The van der Waals surface area contributed by atoms with Crippen LogP contribution in [-0.4, -0.2) is 35.0 Å². The molecule has 1 aromatic rings. The Morgan fingerprint density at radius 2 is 1.93 bits per heavy atom. The van der Waals surface area contributed by atoms with Gasteiger partial charge in [-0.2, -0.15) is 0 Å². The summed E-state index contributed by atoms with van der Waals surface area (Å²) in [6.07, 6.45) is 2.76. The number of anilines is 1. The van der Waals surface area contributed by atoms with Gasteiger partial charge in [0.05, 0.1) is 12.6 Å². The third kappa shape index (κ3) is 5.63. The van der Waals surface area contributed by atoms with Crippen LogP contribution in [0.15, 0.2) is 24.3 Å². The maximum atomic E-state index is 13.0. The molecule has 1 aliphatic heterocycles. The summed E-state index contributed by atoms with van der Waals surface area (Å²) in [5, 5.41) is 0. The minimum Gasteiger partial charge on any atom is -0.444 e. The van der Waals surface area contributed by atoms with E-state index in [1.165, 1.54) is 5.56 Å². The van der Waals surface area contributed by atoms with Crippen molar-refractivity contribution in [2.45, 2.75) is 85.1 Å². The molecule has 2 N–H and O–H groups in total. The number of hydrogen-bond acceptors (Lipinski definition) is 4. The molecule has 3 atom stereocenters.